The molecule has 1 unspecified atom stereocenters. The van der Waals surface area contributed by atoms with Gasteiger partial charge in [0, 0.05) is 22.9 Å². The Kier molecular flexibility index (Phi) is 7.44. The topological polar surface area (TPSA) is 120 Å². The van der Waals surface area contributed by atoms with Crippen molar-refractivity contribution in [3.05, 3.63) is 65.7 Å². The Hall–Kier alpha value is -3.02. The molecule has 0 saturated heterocycles. The van der Waals surface area contributed by atoms with Crippen LogP contribution < -0.4 is 14.9 Å². The SMILES string of the molecule is C=C(NOCC(=O)O)c1ccc(NS(=O)[O-])c(COc2ccc(F)cc2F)c1. The van der Waals surface area contributed by atoms with Gasteiger partial charge in [0.05, 0.1) is 11.4 Å². The predicted octanol–water partition coefficient (Wildman–Crippen LogP) is 2.33. The highest BCUT2D eigenvalue weighted by molar-refractivity contribution is 7.80. The fourth-order valence-electron chi connectivity index (χ4n) is 2.08. The largest absolute Gasteiger partial charge is 0.755 e. The fourth-order valence-corrected chi connectivity index (χ4v) is 2.46. The van der Waals surface area contributed by atoms with Crippen LogP contribution in [-0.4, -0.2) is 26.4 Å². The Morgan fingerprint density at radius 3 is 2.64 bits per heavy atom. The second kappa shape index (κ2) is 9.78. The summed E-state index contributed by atoms with van der Waals surface area (Å²) >= 11 is -2.62. The molecule has 2 aromatic carbocycles. The molecule has 2 rings (SSSR count). The van der Waals surface area contributed by atoms with Gasteiger partial charge in [-0.25, -0.2) is 13.6 Å². The highest BCUT2D eigenvalue weighted by Gasteiger charge is 2.10. The lowest BCUT2D eigenvalue weighted by Crippen LogP contribution is -2.18. The summed E-state index contributed by atoms with van der Waals surface area (Å²) in [6, 6.07) is 7.17. The number of nitrogens with one attached hydrogen (secondary N) is 2. The molecule has 8 nitrogen and oxygen atoms in total. The summed E-state index contributed by atoms with van der Waals surface area (Å²) in [6.45, 7) is 2.83. The molecule has 0 aliphatic rings. The van der Waals surface area contributed by atoms with Gasteiger partial charge in [-0.2, -0.15) is 0 Å². The number of benzene rings is 2. The van der Waals surface area contributed by atoms with E-state index in [0.717, 1.165) is 12.1 Å². The second-order valence-electron chi connectivity index (χ2n) is 5.34. The zero-order valence-electron chi connectivity index (χ0n) is 14.2. The Labute approximate surface area is 161 Å². The van der Waals surface area contributed by atoms with Gasteiger partial charge in [0.2, 0.25) is 0 Å². The van der Waals surface area contributed by atoms with E-state index in [0.29, 0.717) is 17.2 Å². The van der Waals surface area contributed by atoms with Gasteiger partial charge in [-0.1, -0.05) is 12.6 Å². The third-order valence-corrected chi connectivity index (χ3v) is 3.70. The molecule has 1 atom stereocenters. The van der Waals surface area contributed by atoms with E-state index in [2.05, 4.69) is 16.8 Å². The van der Waals surface area contributed by atoms with Gasteiger partial charge in [0.15, 0.2) is 18.2 Å². The molecule has 3 N–H and O–H groups in total. The third kappa shape index (κ3) is 6.30. The Balaban J connectivity index is 2.19. The van der Waals surface area contributed by atoms with E-state index in [1.807, 2.05) is 0 Å². The average molecular weight is 413 g/mol. The van der Waals surface area contributed by atoms with Crippen molar-refractivity contribution in [3.8, 4) is 5.75 Å². The summed E-state index contributed by atoms with van der Waals surface area (Å²) < 4.78 is 56.1. The van der Waals surface area contributed by atoms with Crippen molar-refractivity contribution in [2.45, 2.75) is 6.61 Å². The summed E-state index contributed by atoms with van der Waals surface area (Å²) in [5, 5.41) is 8.55. The van der Waals surface area contributed by atoms with Crippen LogP contribution in [0.1, 0.15) is 11.1 Å². The molecule has 0 aliphatic heterocycles. The highest BCUT2D eigenvalue weighted by Crippen LogP contribution is 2.24. The average Bonchev–Trinajstić information content (AvgIpc) is 2.61. The van der Waals surface area contributed by atoms with Gasteiger partial charge in [-0.05, 0) is 29.8 Å². The van der Waals surface area contributed by atoms with Gasteiger partial charge < -0.3 is 19.1 Å². The van der Waals surface area contributed by atoms with E-state index < -0.39 is 35.5 Å². The van der Waals surface area contributed by atoms with E-state index in [1.165, 1.54) is 18.2 Å². The number of hydrogen-bond acceptors (Lipinski definition) is 6. The molecular weight excluding hydrogens is 398 g/mol. The lowest BCUT2D eigenvalue weighted by Gasteiger charge is -2.17. The van der Waals surface area contributed by atoms with E-state index in [9.17, 15) is 22.3 Å². The maximum atomic E-state index is 13.7. The number of carboxylic acids is 1. The van der Waals surface area contributed by atoms with E-state index in [1.54, 1.807) is 0 Å². The normalized spacial score (nSPS) is 11.5. The van der Waals surface area contributed by atoms with Gasteiger partial charge in [-0.15, -0.1) is 0 Å². The summed E-state index contributed by atoms with van der Waals surface area (Å²) in [4.78, 5) is 15.2. The molecule has 0 aromatic heterocycles. The lowest BCUT2D eigenvalue weighted by molar-refractivity contribution is -0.143. The minimum atomic E-state index is -2.62. The molecule has 0 fully saturated rings. The van der Waals surface area contributed by atoms with E-state index >= 15 is 0 Å². The monoisotopic (exact) mass is 413 g/mol. The van der Waals surface area contributed by atoms with E-state index in [-0.39, 0.29) is 23.7 Å². The van der Waals surface area contributed by atoms with Gasteiger partial charge in [0.1, 0.15) is 12.4 Å². The number of anilines is 1. The van der Waals surface area contributed by atoms with E-state index in [4.69, 9.17) is 14.7 Å². The summed E-state index contributed by atoms with van der Waals surface area (Å²) in [7, 11) is 0. The zero-order valence-corrected chi connectivity index (χ0v) is 15.1. The summed E-state index contributed by atoms with van der Waals surface area (Å²) in [5.74, 6) is -3.08. The van der Waals surface area contributed by atoms with Crippen molar-refractivity contribution in [2.75, 3.05) is 11.3 Å². The highest BCUT2D eigenvalue weighted by atomic mass is 32.2. The molecule has 0 spiro atoms. The number of aliphatic carboxylic acids is 1. The molecule has 150 valence electrons. The first-order valence-electron chi connectivity index (χ1n) is 7.62. The first-order chi connectivity index (χ1) is 13.3. The van der Waals surface area contributed by atoms with Crippen LogP contribution in [0.3, 0.4) is 0 Å². The second-order valence-corrected chi connectivity index (χ2v) is 6.01. The van der Waals surface area contributed by atoms with Crippen LogP contribution in [0.15, 0.2) is 43.0 Å². The van der Waals surface area contributed by atoms with Crippen LogP contribution >= 0.6 is 0 Å². The zero-order chi connectivity index (χ0) is 20.7. The number of rotatable bonds is 10. The number of carbonyl (C=O) groups is 1. The molecular formula is C17H15F2N2O6S-. The number of ether oxygens (including phenoxy) is 1. The molecule has 0 bridgehead atoms. The standard InChI is InChI=1S/C17H16F2N2O6S/c1-10(20-27-9-17(22)23)11-2-4-15(21-28(24)25)12(6-11)8-26-16-5-3-13(18)7-14(16)19/h2-7,20-21H,1,8-9H2,(H,22,23)(H,24,25)/p-1. The molecule has 11 heteroatoms. The van der Waals surface area contributed by atoms with Gasteiger partial charge in [-0.3, -0.25) is 14.5 Å². The maximum Gasteiger partial charge on any atom is 0.332 e. The minimum Gasteiger partial charge on any atom is -0.755 e. The maximum absolute atomic E-state index is 13.7. The van der Waals surface area contributed by atoms with Crippen molar-refractivity contribution < 1.29 is 37.0 Å². The lowest BCUT2D eigenvalue weighted by atomic mass is 10.1. The first kappa shape index (κ1) is 21.3. The Morgan fingerprint density at radius 2 is 2.00 bits per heavy atom. The molecule has 0 aliphatic carbocycles. The molecule has 2 aromatic rings. The number of carboxylic acid groups (broad SMARTS) is 1. The van der Waals surface area contributed by atoms with Crippen LogP contribution in [0.5, 0.6) is 5.75 Å². The van der Waals surface area contributed by atoms with Crippen LogP contribution in [0, 0.1) is 11.6 Å². The molecule has 0 radical (unpaired) electrons. The van der Waals surface area contributed by atoms with Crippen LogP contribution in [0.25, 0.3) is 5.70 Å². The number of hydrogen-bond donors (Lipinski definition) is 3. The fraction of sp³-hybridized carbons (Fsp3) is 0.118. The van der Waals surface area contributed by atoms with Crippen LogP contribution in [0.2, 0.25) is 0 Å². The van der Waals surface area contributed by atoms with Gasteiger partial charge in [0.25, 0.3) is 0 Å². The van der Waals surface area contributed by atoms with Crippen molar-refractivity contribution >= 4 is 28.6 Å². The molecule has 0 heterocycles. The summed E-state index contributed by atoms with van der Waals surface area (Å²) in [5.41, 5.74) is 3.46. The van der Waals surface area contributed by atoms with Crippen LogP contribution in [0.4, 0.5) is 14.5 Å². The molecule has 0 amide bonds. The first-order valence-corrected chi connectivity index (χ1v) is 8.69. The Bertz CT molecular complexity index is 909. The number of halogens is 2. The summed E-state index contributed by atoms with van der Waals surface area (Å²) in [6.07, 6.45) is 0. The quantitative estimate of drug-likeness (QED) is 0.404. The Morgan fingerprint density at radius 1 is 1.25 bits per heavy atom. The predicted molar refractivity (Wildman–Crippen MR) is 95.4 cm³/mol. The minimum absolute atomic E-state index is 0.166. The van der Waals surface area contributed by atoms with Crippen molar-refractivity contribution in [1.82, 2.24) is 5.48 Å². The molecule has 28 heavy (non-hydrogen) atoms. The van der Waals surface area contributed by atoms with Crippen molar-refractivity contribution in [2.24, 2.45) is 0 Å². The third-order valence-electron chi connectivity index (χ3n) is 3.32. The van der Waals surface area contributed by atoms with Crippen molar-refractivity contribution in [3.63, 3.8) is 0 Å². The van der Waals surface area contributed by atoms with Crippen molar-refractivity contribution in [1.29, 1.82) is 0 Å². The number of hydroxylamine groups is 1. The molecule has 0 saturated carbocycles. The van der Waals surface area contributed by atoms with Crippen LogP contribution in [-0.2, 0) is 27.5 Å². The van der Waals surface area contributed by atoms with Gasteiger partial charge >= 0.3 is 5.97 Å². The smallest absolute Gasteiger partial charge is 0.332 e.